The molecular formula is C38H49NO14S5. The monoisotopic (exact) mass is 903 g/mol. The Hall–Kier alpha value is -1.60. The van der Waals surface area contributed by atoms with Crippen LogP contribution in [0, 0.1) is 5.92 Å². The lowest BCUT2D eigenvalue weighted by Crippen LogP contribution is -2.67. The van der Waals surface area contributed by atoms with Crippen LogP contribution in [0.3, 0.4) is 0 Å². The number of nitrogens with zero attached hydrogens (tertiary/aromatic N) is 1. The van der Waals surface area contributed by atoms with Gasteiger partial charge in [0.25, 0.3) is 0 Å². The Bertz CT molecular complexity index is 1650. The number of thioether (sulfide) groups is 2. The van der Waals surface area contributed by atoms with Gasteiger partial charge in [0.05, 0.1) is 19.1 Å². The molecule has 14 atom stereocenters. The lowest BCUT2D eigenvalue weighted by atomic mass is 9.95. The lowest BCUT2D eigenvalue weighted by Gasteiger charge is -2.50. The van der Waals surface area contributed by atoms with Gasteiger partial charge in [0, 0.05) is 17.5 Å². The van der Waals surface area contributed by atoms with Crippen molar-refractivity contribution in [1.82, 2.24) is 4.98 Å². The number of aliphatic hydroxyl groups is 3. The number of benzene rings is 1. The number of carbonyl (C=O) groups excluding carboxylic acids is 2. The fourth-order valence-corrected chi connectivity index (χ4v) is 11.6. The van der Waals surface area contributed by atoms with Crippen molar-refractivity contribution in [2.45, 2.75) is 118 Å². The van der Waals surface area contributed by atoms with Gasteiger partial charge in [-0.15, -0.1) is 11.8 Å². The number of hydrogen-bond donors (Lipinski definition) is 3. The minimum absolute atomic E-state index is 0.0289. The summed E-state index contributed by atoms with van der Waals surface area (Å²) in [5, 5.41) is 35.0. The topological polar surface area (TPSA) is 191 Å². The maximum absolute atomic E-state index is 14.5. The van der Waals surface area contributed by atoms with Crippen molar-refractivity contribution in [2.24, 2.45) is 5.92 Å². The van der Waals surface area contributed by atoms with Crippen LogP contribution in [0.4, 0.5) is 0 Å². The van der Waals surface area contributed by atoms with Crippen LogP contribution in [0.25, 0.3) is 0 Å². The second kappa shape index (κ2) is 21.5. The van der Waals surface area contributed by atoms with E-state index in [-0.39, 0.29) is 26.2 Å². The molecule has 0 aliphatic carbocycles. The Labute approximate surface area is 359 Å². The molecule has 0 saturated carbocycles. The minimum Gasteiger partial charge on any atom is -0.465 e. The summed E-state index contributed by atoms with van der Waals surface area (Å²) in [5.74, 6) is -0.923. The summed E-state index contributed by atoms with van der Waals surface area (Å²) in [6.07, 6.45) is -12.7. The maximum Gasteiger partial charge on any atom is 0.322 e. The summed E-state index contributed by atoms with van der Waals surface area (Å²) >= 11 is 8.06. The maximum atomic E-state index is 14.5. The van der Waals surface area contributed by atoms with E-state index in [1.165, 1.54) is 33.3 Å². The fourth-order valence-electron chi connectivity index (χ4n) is 6.76. The lowest BCUT2D eigenvalue weighted by molar-refractivity contribution is -0.410. The van der Waals surface area contributed by atoms with Crippen molar-refractivity contribution in [3.05, 3.63) is 60.3 Å². The van der Waals surface area contributed by atoms with Crippen LogP contribution in [-0.2, 0) is 52.2 Å². The number of rotatable bonds is 15. The summed E-state index contributed by atoms with van der Waals surface area (Å²) in [7, 11) is 2.97. The van der Waals surface area contributed by atoms with Gasteiger partial charge >= 0.3 is 11.9 Å². The Morgan fingerprint density at radius 2 is 1.66 bits per heavy atom. The van der Waals surface area contributed by atoms with Gasteiger partial charge in [-0.1, -0.05) is 85.0 Å². The van der Waals surface area contributed by atoms with E-state index in [1.807, 2.05) is 55.5 Å². The molecule has 20 heteroatoms. The normalized spacial score (nSPS) is 33.8. The Morgan fingerprint density at radius 1 is 0.948 bits per heavy atom. The van der Waals surface area contributed by atoms with E-state index in [1.54, 1.807) is 27.0 Å². The number of thiocarbonyl (C=S) groups is 1. The second-order valence-corrected chi connectivity index (χ2v) is 20.5. The smallest absolute Gasteiger partial charge is 0.322 e. The first-order chi connectivity index (χ1) is 27.9. The van der Waals surface area contributed by atoms with E-state index >= 15 is 0 Å². The van der Waals surface area contributed by atoms with E-state index in [0.717, 1.165) is 16.8 Å². The number of carbonyl (C=O) groups is 2. The van der Waals surface area contributed by atoms with Gasteiger partial charge in [-0.2, -0.15) is 0 Å². The first kappa shape index (κ1) is 45.9. The molecule has 4 saturated heterocycles. The van der Waals surface area contributed by atoms with Gasteiger partial charge in [-0.05, 0) is 48.9 Å². The van der Waals surface area contributed by atoms with Crippen molar-refractivity contribution < 1.29 is 67.5 Å². The third-order valence-electron chi connectivity index (χ3n) is 9.67. The number of fused-ring (bicyclic) bond motifs is 2. The predicted molar refractivity (Wildman–Crippen MR) is 221 cm³/mol. The molecule has 2 aromatic rings. The summed E-state index contributed by atoms with van der Waals surface area (Å²) < 4.78 is 52.5. The molecule has 6 rings (SSSR count). The highest BCUT2D eigenvalue weighted by Gasteiger charge is 2.56. The molecule has 0 bridgehead atoms. The predicted octanol–water partition coefficient (Wildman–Crippen LogP) is 4.26. The average Bonchev–Trinajstić information content (AvgIpc) is 3.21. The second-order valence-electron chi connectivity index (χ2n) is 14.1. The van der Waals surface area contributed by atoms with Gasteiger partial charge < -0.3 is 58.0 Å². The summed E-state index contributed by atoms with van der Waals surface area (Å²) in [5.41, 5.74) is 0.700. The van der Waals surface area contributed by atoms with Crippen molar-refractivity contribution in [3.8, 4) is 0 Å². The molecule has 3 N–H and O–H groups in total. The van der Waals surface area contributed by atoms with E-state index < -0.39 is 96.6 Å². The van der Waals surface area contributed by atoms with E-state index in [2.05, 4.69) is 4.98 Å². The molecule has 5 heterocycles. The van der Waals surface area contributed by atoms with Crippen LogP contribution in [-0.4, -0.2) is 140 Å². The third-order valence-corrected chi connectivity index (χ3v) is 14.6. The molecule has 0 radical (unpaired) electrons. The molecule has 4 unspecified atom stereocenters. The van der Waals surface area contributed by atoms with Gasteiger partial charge in [0.1, 0.15) is 62.6 Å². The number of aromatic nitrogens is 1. The van der Waals surface area contributed by atoms with Crippen molar-refractivity contribution in [1.29, 1.82) is 0 Å². The Balaban J connectivity index is 1.18. The van der Waals surface area contributed by atoms with Gasteiger partial charge in [0.15, 0.2) is 25.0 Å². The van der Waals surface area contributed by atoms with Crippen LogP contribution < -0.4 is 0 Å². The van der Waals surface area contributed by atoms with Crippen molar-refractivity contribution in [2.75, 3.05) is 31.3 Å². The summed E-state index contributed by atoms with van der Waals surface area (Å²) in [6, 6.07) is 14.8. The highest BCUT2D eigenvalue weighted by molar-refractivity contribution is 8.76. The number of ether oxygens (including phenoxy) is 9. The van der Waals surface area contributed by atoms with Gasteiger partial charge in [-0.3, -0.25) is 9.59 Å². The quantitative estimate of drug-likeness (QED) is 0.0994. The molecule has 320 valence electrons. The van der Waals surface area contributed by atoms with Gasteiger partial charge in [0.2, 0.25) is 6.29 Å². The standard InChI is InChI=1S/C38H49NO14S5/c1-5-55-37(54)57-38(4,17-20(2)32(43)45-15-16-56-58-25-13-9-10-14-39-25)36(44)52-31-28(42)30-24(19-47-33(51-30)22-11-7-6-8-12-22)50-35(31)53-34-27(41)26(40)29-23(49-34)18-46-21(3)48-29/h6-14,20-21,23-24,26-31,33-35,40-42H,5,15-19H2,1-4H3/t20?,21?,23-,24-,26-,27-,28+,29-,30-,31-,33?,34-,35-,38?/m1/s1. The summed E-state index contributed by atoms with van der Waals surface area (Å²) in [4.78, 5) is 32.0. The third kappa shape index (κ3) is 11.6. The molecule has 0 amide bonds. The molecule has 1 aromatic carbocycles. The zero-order chi connectivity index (χ0) is 41.4. The van der Waals surface area contributed by atoms with E-state index in [9.17, 15) is 24.9 Å². The number of aliphatic hydroxyl groups excluding tert-OH is 3. The van der Waals surface area contributed by atoms with Gasteiger partial charge in [-0.25, -0.2) is 4.98 Å². The zero-order valence-corrected chi connectivity index (χ0v) is 36.3. The molecular weight excluding hydrogens is 855 g/mol. The van der Waals surface area contributed by atoms with E-state index in [0.29, 0.717) is 20.6 Å². The van der Waals surface area contributed by atoms with Crippen LogP contribution in [0.5, 0.6) is 0 Å². The minimum atomic E-state index is -1.62. The van der Waals surface area contributed by atoms with Crippen molar-refractivity contribution in [3.63, 3.8) is 0 Å². The van der Waals surface area contributed by atoms with Crippen molar-refractivity contribution >= 4 is 72.8 Å². The molecule has 4 aliphatic heterocycles. The molecule has 15 nitrogen and oxygen atoms in total. The Kier molecular flexibility index (Phi) is 17.0. The van der Waals surface area contributed by atoms with Crippen LogP contribution in [0.15, 0.2) is 59.8 Å². The zero-order valence-electron chi connectivity index (χ0n) is 32.3. The summed E-state index contributed by atoms with van der Waals surface area (Å²) in [6.45, 7) is 7.03. The molecule has 1 aromatic heterocycles. The number of hydrogen-bond acceptors (Lipinski definition) is 20. The average molecular weight is 904 g/mol. The Morgan fingerprint density at radius 3 is 2.38 bits per heavy atom. The van der Waals surface area contributed by atoms with E-state index in [4.69, 9.17) is 54.8 Å². The number of esters is 2. The van der Waals surface area contributed by atoms with Crippen LogP contribution in [0.1, 0.15) is 46.0 Å². The van der Waals surface area contributed by atoms with Crippen LogP contribution >= 0.6 is 57.3 Å². The molecule has 4 fully saturated rings. The highest BCUT2D eigenvalue weighted by Crippen LogP contribution is 2.41. The largest absolute Gasteiger partial charge is 0.465 e. The molecule has 0 spiro atoms. The highest BCUT2D eigenvalue weighted by atomic mass is 33.1. The number of pyridine rings is 1. The fraction of sp³-hybridized carbons (Fsp3) is 0.632. The first-order valence-electron chi connectivity index (χ1n) is 18.9. The molecule has 4 aliphatic rings. The van der Waals surface area contributed by atoms with Crippen LogP contribution in [0.2, 0.25) is 0 Å². The first-order valence-corrected chi connectivity index (χ1v) is 23.4. The SMILES string of the molecule is CCSC(=S)SC(C)(CC(C)C(=O)OCCSSc1ccccn1)C(=O)O[C@H]1[C@@H](O[C@H]2O[C@@H]3COC(C)O[C@H]3[C@H](O)[C@H]2O)O[C@@H]2COC(c3ccccc3)O[C@H]2[C@@H]1O. The molecule has 58 heavy (non-hydrogen) atoms.